The van der Waals surface area contributed by atoms with Crippen LogP contribution in [0.5, 0.6) is 0 Å². The Kier molecular flexibility index (Phi) is 6.58. The molecular formula is C24H27ClN6O3. The maximum Gasteiger partial charge on any atom is 0.255 e. The first-order valence-corrected chi connectivity index (χ1v) is 12.0. The lowest BCUT2D eigenvalue weighted by Gasteiger charge is -2.34. The number of fused-ring (bicyclic) bond motifs is 1. The largest absolute Gasteiger partial charge is 0.322 e. The first-order valence-electron chi connectivity index (χ1n) is 11.7. The van der Waals surface area contributed by atoms with Crippen molar-refractivity contribution in [2.75, 3.05) is 13.1 Å². The van der Waals surface area contributed by atoms with Crippen molar-refractivity contribution < 1.29 is 14.4 Å². The van der Waals surface area contributed by atoms with Gasteiger partial charge in [0, 0.05) is 44.2 Å². The van der Waals surface area contributed by atoms with E-state index in [1.807, 2.05) is 18.2 Å². The molecule has 2 aromatic rings. The predicted octanol–water partition coefficient (Wildman–Crippen LogP) is 1.65. The zero-order valence-corrected chi connectivity index (χ0v) is 19.6. The fraction of sp³-hybridized carbons (Fsp3) is 0.458. The van der Waals surface area contributed by atoms with Crippen molar-refractivity contribution in [2.45, 2.75) is 57.4 Å². The SMILES string of the molecule is O=C1CCC(N2Cc3ccc(CN(Cc4ccc(Cl)nn4)C4CCCNC4)cc3C2=O)C(=O)N1. The summed E-state index contributed by atoms with van der Waals surface area (Å²) in [4.78, 5) is 41.0. The molecular weight excluding hydrogens is 456 g/mol. The van der Waals surface area contributed by atoms with Gasteiger partial charge in [-0.15, -0.1) is 5.10 Å². The van der Waals surface area contributed by atoms with Crippen molar-refractivity contribution in [3.63, 3.8) is 0 Å². The lowest BCUT2D eigenvalue weighted by Crippen LogP contribution is -2.52. The second kappa shape index (κ2) is 9.77. The fourth-order valence-electron chi connectivity index (χ4n) is 5.03. The molecule has 2 saturated heterocycles. The van der Waals surface area contributed by atoms with E-state index in [-0.39, 0.29) is 18.2 Å². The minimum absolute atomic E-state index is 0.152. The summed E-state index contributed by atoms with van der Waals surface area (Å²) in [7, 11) is 0. The number of aromatic nitrogens is 2. The number of imide groups is 1. The van der Waals surface area contributed by atoms with Gasteiger partial charge in [0.05, 0.1) is 5.69 Å². The van der Waals surface area contributed by atoms with E-state index in [0.717, 1.165) is 42.8 Å². The Bertz CT molecular complexity index is 1100. The van der Waals surface area contributed by atoms with E-state index >= 15 is 0 Å². The molecule has 0 saturated carbocycles. The quantitative estimate of drug-likeness (QED) is 0.603. The number of hydrogen-bond donors (Lipinski definition) is 2. The molecule has 3 aliphatic heterocycles. The van der Waals surface area contributed by atoms with Crippen LogP contribution in [-0.2, 0) is 29.2 Å². The third-order valence-corrected chi connectivity index (χ3v) is 7.02. The van der Waals surface area contributed by atoms with Crippen LogP contribution in [0.1, 0.15) is 52.9 Å². The Morgan fingerprint density at radius 3 is 2.71 bits per heavy atom. The van der Waals surface area contributed by atoms with Gasteiger partial charge < -0.3 is 10.2 Å². The monoisotopic (exact) mass is 482 g/mol. The molecule has 1 aromatic heterocycles. The molecule has 4 heterocycles. The maximum atomic E-state index is 13.2. The molecule has 0 spiro atoms. The summed E-state index contributed by atoms with van der Waals surface area (Å²) in [5.41, 5.74) is 3.42. The highest BCUT2D eigenvalue weighted by molar-refractivity contribution is 6.29. The van der Waals surface area contributed by atoms with Crippen molar-refractivity contribution in [2.24, 2.45) is 0 Å². The highest BCUT2D eigenvalue weighted by atomic mass is 35.5. The molecule has 3 amide bonds. The zero-order valence-electron chi connectivity index (χ0n) is 18.8. The zero-order chi connectivity index (χ0) is 23.7. The van der Waals surface area contributed by atoms with Gasteiger partial charge in [-0.1, -0.05) is 23.7 Å². The molecule has 9 nitrogen and oxygen atoms in total. The van der Waals surface area contributed by atoms with Crippen LogP contribution in [0, 0.1) is 0 Å². The van der Waals surface area contributed by atoms with Crippen LogP contribution in [0.4, 0.5) is 0 Å². The van der Waals surface area contributed by atoms with Gasteiger partial charge in [-0.25, -0.2) is 0 Å². The average molecular weight is 483 g/mol. The summed E-state index contributed by atoms with van der Waals surface area (Å²) in [6.07, 6.45) is 2.81. The van der Waals surface area contributed by atoms with E-state index < -0.39 is 11.9 Å². The molecule has 2 N–H and O–H groups in total. The van der Waals surface area contributed by atoms with Crippen molar-refractivity contribution in [3.05, 3.63) is 57.9 Å². The highest BCUT2D eigenvalue weighted by Crippen LogP contribution is 2.29. The number of nitrogens with zero attached hydrogens (tertiary/aromatic N) is 4. The summed E-state index contributed by atoms with van der Waals surface area (Å²) in [6.45, 7) is 3.60. The highest BCUT2D eigenvalue weighted by Gasteiger charge is 2.39. The standard InChI is InChI=1S/C24H27ClN6O3/c25-21-7-5-17(28-29-21)14-30(18-2-1-9-26-11-18)12-15-3-4-16-13-31(24(34)19(16)10-15)20-6-8-22(32)27-23(20)33/h3-5,7,10,18,20,26H,1-2,6,8-9,11-14H2,(H,27,32,33). The van der Waals surface area contributed by atoms with E-state index in [1.54, 1.807) is 11.0 Å². The van der Waals surface area contributed by atoms with E-state index in [0.29, 0.717) is 42.8 Å². The molecule has 10 heteroatoms. The number of carbonyl (C=O) groups is 3. The topological polar surface area (TPSA) is 108 Å². The van der Waals surface area contributed by atoms with Gasteiger partial charge in [-0.3, -0.25) is 24.6 Å². The van der Waals surface area contributed by atoms with E-state index in [9.17, 15) is 14.4 Å². The van der Waals surface area contributed by atoms with Crippen molar-refractivity contribution in [3.8, 4) is 0 Å². The lowest BCUT2D eigenvalue weighted by molar-refractivity contribution is -0.136. The van der Waals surface area contributed by atoms with Gasteiger partial charge in [0.15, 0.2) is 5.15 Å². The Morgan fingerprint density at radius 2 is 1.97 bits per heavy atom. The Hall–Kier alpha value is -2.88. The third-order valence-electron chi connectivity index (χ3n) is 6.82. The van der Waals surface area contributed by atoms with E-state index in [2.05, 4.69) is 31.8 Å². The molecule has 34 heavy (non-hydrogen) atoms. The number of amides is 3. The second-order valence-electron chi connectivity index (χ2n) is 9.14. The van der Waals surface area contributed by atoms with Gasteiger partial charge >= 0.3 is 0 Å². The number of halogens is 1. The summed E-state index contributed by atoms with van der Waals surface area (Å²) in [5.74, 6) is -0.825. The van der Waals surface area contributed by atoms with Gasteiger partial charge in [0.2, 0.25) is 11.8 Å². The summed E-state index contributed by atoms with van der Waals surface area (Å²) >= 11 is 5.90. The predicted molar refractivity (Wildman–Crippen MR) is 125 cm³/mol. The molecule has 178 valence electrons. The molecule has 0 bridgehead atoms. The van der Waals surface area contributed by atoms with Crippen LogP contribution >= 0.6 is 11.6 Å². The minimum Gasteiger partial charge on any atom is -0.322 e. The van der Waals surface area contributed by atoms with Crippen molar-refractivity contribution >= 4 is 29.3 Å². The molecule has 5 rings (SSSR count). The molecule has 2 atom stereocenters. The summed E-state index contributed by atoms with van der Waals surface area (Å²) < 4.78 is 0. The molecule has 0 radical (unpaired) electrons. The normalized spacial score (nSPS) is 22.8. The van der Waals surface area contributed by atoms with Crippen LogP contribution < -0.4 is 10.6 Å². The smallest absolute Gasteiger partial charge is 0.255 e. The van der Waals surface area contributed by atoms with Crippen LogP contribution in [0.25, 0.3) is 0 Å². The first-order chi connectivity index (χ1) is 16.5. The van der Waals surface area contributed by atoms with Crippen molar-refractivity contribution in [1.82, 2.24) is 30.6 Å². The Morgan fingerprint density at radius 1 is 1.09 bits per heavy atom. The molecule has 0 aliphatic carbocycles. The first kappa shape index (κ1) is 22.9. The maximum absolute atomic E-state index is 13.2. The Labute approximate surface area is 202 Å². The number of piperidine rings is 2. The number of rotatable bonds is 6. The van der Waals surface area contributed by atoms with Crippen molar-refractivity contribution in [1.29, 1.82) is 0 Å². The lowest BCUT2D eigenvalue weighted by atomic mass is 10.0. The molecule has 1 aromatic carbocycles. The van der Waals surface area contributed by atoms with Gasteiger partial charge in [0.25, 0.3) is 5.91 Å². The number of benzene rings is 1. The number of hydrogen-bond acceptors (Lipinski definition) is 7. The van der Waals surface area contributed by atoms with Gasteiger partial charge in [-0.2, -0.15) is 5.10 Å². The fourth-order valence-corrected chi connectivity index (χ4v) is 5.13. The van der Waals surface area contributed by atoms with Gasteiger partial charge in [-0.05, 0) is 55.1 Å². The molecule has 3 aliphatic rings. The average Bonchev–Trinajstić information content (AvgIpc) is 3.16. The van der Waals surface area contributed by atoms with Crippen LogP contribution in [-0.4, -0.2) is 62.9 Å². The number of nitrogens with one attached hydrogen (secondary N) is 2. The van der Waals surface area contributed by atoms with Crippen LogP contribution in [0.15, 0.2) is 30.3 Å². The van der Waals surface area contributed by atoms with Crippen LogP contribution in [0.2, 0.25) is 5.15 Å². The second-order valence-corrected chi connectivity index (χ2v) is 9.53. The van der Waals surface area contributed by atoms with E-state index in [4.69, 9.17) is 11.6 Å². The number of carbonyl (C=O) groups excluding carboxylic acids is 3. The summed E-state index contributed by atoms with van der Waals surface area (Å²) in [5, 5.41) is 14.4. The third kappa shape index (κ3) is 4.82. The van der Waals surface area contributed by atoms with E-state index in [1.165, 1.54) is 0 Å². The molecule has 2 unspecified atom stereocenters. The van der Waals surface area contributed by atoms with Gasteiger partial charge in [0.1, 0.15) is 6.04 Å². The Balaban J connectivity index is 1.34. The summed E-state index contributed by atoms with van der Waals surface area (Å²) in [6, 6.07) is 9.36. The van der Waals surface area contributed by atoms with Crippen LogP contribution in [0.3, 0.4) is 0 Å². The molecule has 2 fully saturated rings. The minimum atomic E-state index is -0.602.